The lowest BCUT2D eigenvalue weighted by atomic mass is 10.2. The van der Waals surface area contributed by atoms with Crippen molar-refractivity contribution in [1.82, 2.24) is 19.6 Å². The molecule has 0 aliphatic heterocycles. The first kappa shape index (κ1) is 15.4. The molecule has 120 valence electrons. The molecule has 0 spiro atoms. The molecule has 0 aliphatic rings. The van der Waals surface area contributed by atoms with E-state index in [0.717, 1.165) is 11.3 Å². The molecule has 0 aliphatic carbocycles. The molecule has 0 atom stereocenters. The number of aryl methyl sites for hydroxylation is 1. The molecule has 8 heteroatoms. The average molecular weight is 334 g/mol. The summed E-state index contributed by atoms with van der Waals surface area (Å²) in [5.74, 6) is 1.57. The molecular formula is C15H16ClN5O2. The Morgan fingerprint density at radius 3 is 2.74 bits per heavy atom. The van der Waals surface area contributed by atoms with Crippen LogP contribution in [0.4, 0.5) is 5.95 Å². The molecule has 3 rings (SSSR count). The number of fused-ring (bicyclic) bond motifs is 1. The Labute approximate surface area is 137 Å². The number of ether oxygens (including phenoxy) is 1. The van der Waals surface area contributed by atoms with Crippen LogP contribution in [-0.2, 0) is 6.54 Å². The van der Waals surface area contributed by atoms with Crippen LogP contribution in [0.5, 0.6) is 5.75 Å². The third kappa shape index (κ3) is 3.14. The zero-order valence-corrected chi connectivity index (χ0v) is 13.5. The highest BCUT2D eigenvalue weighted by atomic mass is 35.5. The summed E-state index contributed by atoms with van der Waals surface area (Å²) in [6.07, 6.45) is 0. The fraction of sp³-hybridized carbons (Fsp3) is 0.267. The third-order valence-corrected chi connectivity index (χ3v) is 3.74. The summed E-state index contributed by atoms with van der Waals surface area (Å²) in [5.41, 5.74) is 1.15. The van der Waals surface area contributed by atoms with Gasteiger partial charge in [-0.2, -0.15) is 9.50 Å². The number of nitrogens with one attached hydrogen (secondary N) is 2. The predicted molar refractivity (Wildman–Crippen MR) is 88.3 cm³/mol. The first-order chi connectivity index (χ1) is 11.1. The Morgan fingerprint density at radius 1 is 1.30 bits per heavy atom. The van der Waals surface area contributed by atoms with Gasteiger partial charge in [-0.15, -0.1) is 0 Å². The third-order valence-electron chi connectivity index (χ3n) is 3.30. The fourth-order valence-electron chi connectivity index (χ4n) is 2.13. The maximum atomic E-state index is 12.0. The summed E-state index contributed by atoms with van der Waals surface area (Å²) in [5, 5.41) is 6.05. The summed E-state index contributed by atoms with van der Waals surface area (Å²) >= 11 is 5.90. The van der Waals surface area contributed by atoms with Gasteiger partial charge in [-0.05, 0) is 31.5 Å². The zero-order valence-electron chi connectivity index (χ0n) is 12.8. The minimum absolute atomic E-state index is 0.0872. The van der Waals surface area contributed by atoms with E-state index < -0.39 is 0 Å². The van der Waals surface area contributed by atoms with E-state index in [4.69, 9.17) is 16.3 Å². The number of hydrogen-bond acceptors (Lipinski definition) is 5. The maximum absolute atomic E-state index is 12.0. The van der Waals surface area contributed by atoms with Crippen molar-refractivity contribution in [2.45, 2.75) is 20.4 Å². The molecule has 2 heterocycles. The van der Waals surface area contributed by atoms with Crippen molar-refractivity contribution in [2.75, 3.05) is 11.9 Å². The van der Waals surface area contributed by atoms with Crippen molar-refractivity contribution < 1.29 is 4.74 Å². The molecule has 3 aromatic rings. The summed E-state index contributed by atoms with van der Waals surface area (Å²) in [6, 6.07) is 7.75. The average Bonchev–Trinajstić information content (AvgIpc) is 2.95. The Morgan fingerprint density at radius 2 is 2.04 bits per heavy atom. The van der Waals surface area contributed by atoms with Crippen LogP contribution in [0.2, 0.25) is 5.02 Å². The zero-order chi connectivity index (χ0) is 16.4. The molecule has 0 unspecified atom stereocenters. The molecule has 1 aromatic carbocycles. The predicted octanol–water partition coefficient (Wildman–Crippen LogP) is 2.39. The number of rotatable bonds is 5. The van der Waals surface area contributed by atoms with Gasteiger partial charge in [-0.25, -0.2) is 4.98 Å². The summed E-state index contributed by atoms with van der Waals surface area (Å²) in [4.78, 5) is 20.4. The fourth-order valence-corrected chi connectivity index (χ4v) is 2.26. The van der Waals surface area contributed by atoms with E-state index in [1.165, 1.54) is 4.52 Å². The van der Waals surface area contributed by atoms with Crippen LogP contribution in [0.1, 0.15) is 18.2 Å². The molecule has 0 saturated heterocycles. The van der Waals surface area contributed by atoms with Gasteiger partial charge in [-0.1, -0.05) is 23.7 Å². The number of aromatic amines is 1. The molecule has 0 bridgehead atoms. The summed E-state index contributed by atoms with van der Waals surface area (Å²) < 4.78 is 6.62. The standard InChI is InChI=1S/C15H16ClN5O2/c1-3-23-11-6-4-10(5-7-11)8-17-14-19-15-18-9(2)12(16)13(22)21(15)20-14/h4-7H,3,8H2,1-2H3,(H2,17,18,19,20). The van der Waals surface area contributed by atoms with Crippen molar-refractivity contribution >= 4 is 23.3 Å². The van der Waals surface area contributed by atoms with E-state index in [9.17, 15) is 4.79 Å². The van der Waals surface area contributed by atoms with Crippen molar-refractivity contribution in [3.05, 3.63) is 50.9 Å². The van der Waals surface area contributed by atoms with E-state index >= 15 is 0 Å². The molecule has 7 nitrogen and oxygen atoms in total. The topological polar surface area (TPSA) is 84.3 Å². The normalized spacial score (nSPS) is 10.9. The van der Waals surface area contributed by atoms with Crippen LogP contribution in [0.15, 0.2) is 29.1 Å². The Hall–Kier alpha value is -2.54. The highest BCUT2D eigenvalue weighted by Crippen LogP contribution is 2.13. The van der Waals surface area contributed by atoms with E-state index in [1.807, 2.05) is 31.2 Å². The van der Waals surface area contributed by atoms with Gasteiger partial charge in [0.05, 0.1) is 12.3 Å². The second-order valence-electron chi connectivity index (χ2n) is 4.95. The van der Waals surface area contributed by atoms with Crippen LogP contribution in [0.3, 0.4) is 0 Å². The lowest BCUT2D eigenvalue weighted by molar-refractivity contribution is 0.340. The maximum Gasteiger partial charge on any atom is 0.293 e. The Kier molecular flexibility index (Phi) is 4.20. The molecule has 23 heavy (non-hydrogen) atoms. The monoisotopic (exact) mass is 333 g/mol. The van der Waals surface area contributed by atoms with E-state index in [-0.39, 0.29) is 16.4 Å². The Balaban J connectivity index is 1.77. The molecule has 0 fully saturated rings. The second kappa shape index (κ2) is 6.29. The van der Waals surface area contributed by atoms with E-state index in [2.05, 4.69) is 20.4 Å². The van der Waals surface area contributed by atoms with Crippen molar-refractivity contribution in [2.24, 2.45) is 0 Å². The molecule has 0 radical (unpaired) electrons. The number of halogens is 1. The number of anilines is 1. The minimum atomic E-state index is -0.365. The van der Waals surface area contributed by atoms with Gasteiger partial charge in [0.15, 0.2) is 0 Å². The van der Waals surface area contributed by atoms with Gasteiger partial charge >= 0.3 is 0 Å². The smallest absolute Gasteiger partial charge is 0.293 e. The van der Waals surface area contributed by atoms with Crippen LogP contribution in [0, 0.1) is 6.92 Å². The van der Waals surface area contributed by atoms with E-state index in [1.54, 1.807) is 6.92 Å². The molecule has 0 saturated carbocycles. The molecule has 0 amide bonds. The summed E-state index contributed by atoms with van der Waals surface area (Å²) in [6.45, 7) is 4.81. The van der Waals surface area contributed by atoms with Gasteiger partial charge in [-0.3, -0.25) is 9.89 Å². The van der Waals surface area contributed by atoms with Gasteiger partial charge in [0.2, 0.25) is 5.95 Å². The van der Waals surface area contributed by atoms with Gasteiger partial charge in [0.1, 0.15) is 10.8 Å². The van der Waals surface area contributed by atoms with Crippen LogP contribution >= 0.6 is 11.6 Å². The van der Waals surface area contributed by atoms with Crippen molar-refractivity contribution in [3.63, 3.8) is 0 Å². The number of benzene rings is 1. The van der Waals surface area contributed by atoms with Gasteiger partial charge < -0.3 is 10.1 Å². The lowest BCUT2D eigenvalue weighted by Gasteiger charge is -2.05. The number of nitrogens with zero attached hydrogens (tertiary/aromatic N) is 3. The quantitative estimate of drug-likeness (QED) is 0.749. The van der Waals surface area contributed by atoms with Gasteiger partial charge in [0, 0.05) is 6.54 Å². The second-order valence-corrected chi connectivity index (χ2v) is 5.33. The van der Waals surface area contributed by atoms with Gasteiger partial charge in [0.25, 0.3) is 11.3 Å². The lowest BCUT2D eigenvalue weighted by Crippen LogP contribution is -2.17. The van der Waals surface area contributed by atoms with Crippen LogP contribution < -0.4 is 15.6 Å². The largest absolute Gasteiger partial charge is 0.494 e. The Bertz CT molecular complexity index is 885. The number of aromatic nitrogens is 4. The number of H-pyrrole nitrogens is 1. The first-order valence-corrected chi connectivity index (χ1v) is 7.56. The molecular weight excluding hydrogens is 318 g/mol. The van der Waals surface area contributed by atoms with Crippen LogP contribution in [-0.4, -0.2) is 26.2 Å². The number of hydrogen-bond donors (Lipinski definition) is 2. The SMILES string of the molecule is CCOc1ccc(CNc2nc3nc(C)c(Cl)c(=O)n3[nH]2)cc1. The highest BCUT2D eigenvalue weighted by molar-refractivity contribution is 6.31. The first-order valence-electron chi connectivity index (χ1n) is 7.19. The van der Waals surface area contributed by atoms with Crippen molar-refractivity contribution in [3.8, 4) is 5.75 Å². The van der Waals surface area contributed by atoms with E-state index in [0.29, 0.717) is 24.8 Å². The molecule has 2 aromatic heterocycles. The molecule has 2 N–H and O–H groups in total. The van der Waals surface area contributed by atoms with Crippen molar-refractivity contribution in [1.29, 1.82) is 0 Å². The minimum Gasteiger partial charge on any atom is -0.494 e. The highest BCUT2D eigenvalue weighted by Gasteiger charge is 2.11. The summed E-state index contributed by atoms with van der Waals surface area (Å²) in [7, 11) is 0. The van der Waals surface area contributed by atoms with Crippen LogP contribution in [0.25, 0.3) is 5.78 Å².